The molecular weight excluding hydrogens is 323 g/mol. The SMILES string of the molecule is Cc1cc(N2CC(S(=O)(=O)F)CC2=O)ccc1N1CCOCC1. The molecule has 0 N–H and O–H groups in total. The largest absolute Gasteiger partial charge is 0.378 e. The summed E-state index contributed by atoms with van der Waals surface area (Å²) in [4.78, 5) is 15.6. The van der Waals surface area contributed by atoms with Crippen LogP contribution in [0.25, 0.3) is 0 Å². The number of morpholine rings is 1. The van der Waals surface area contributed by atoms with E-state index in [0.29, 0.717) is 18.9 Å². The van der Waals surface area contributed by atoms with Crippen LogP contribution in [0.15, 0.2) is 18.2 Å². The zero-order valence-corrected chi connectivity index (χ0v) is 13.7. The maximum Gasteiger partial charge on any atom is 0.307 e. The highest BCUT2D eigenvalue weighted by molar-refractivity contribution is 7.87. The molecule has 0 bridgehead atoms. The molecule has 2 aliphatic heterocycles. The van der Waals surface area contributed by atoms with Crippen LogP contribution in [0.5, 0.6) is 0 Å². The number of ether oxygens (including phenoxy) is 1. The van der Waals surface area contributed by atoms with Crippen molar-refractivity contribution in [3.63, 3.8) is 0 Å². The Bertz CT molecular complexity index is 716. The summed E-state index contributed by atoms with van der Waals surface area (Å²) in [5.74, 6) is -0.366. The van der Waals surface area contributed by atoms with Crippen molar-refractivity contribution in [1.82, 2.24) is 0 Å². The van der Waals surface area contributed by atoms with Gasteiger partial charge in [0.05, 0.1) is 13.2 Å². The lowest BCUT2D eigenvalue weighted by molar-refractivity contribution is -0.117. The van der Waals surface area contributed by atoms with E-state index in [2.05, 4.69) is 4.90 Å². The third kappa shape index (κ3) is 3.32. The second kappa shape index (κ2) is 6.09. The van der Waals surface area contributed by atoms with E-state index in [1.165, 1.54) is 4.90 Å². The minimum atomic E-state index is -4.70. The molecule has 6 nitrogen and oxygen atoms in total. The van der Waals surface area contributed by atoms with Crippen molar-refractivity contribution in [1.29, 1.82) is 0 Å². The fourth-order valence-electron chi connectivity index (χ4n) is 3.08. The summed E-state index contributed by atoms with van der Waals surface area (Å²) in [5.41, 5.74) is 2.66. The Balaban J connectivity index is 1.81. The van der Waals surface area contributed by atoms with Crippen LogP contribution in [-0.4, -0.2) is 52.4 Å². The first-order valence-corrected chi connectivity index (χ1v) is 8.98. The second-order valence-electron chi connectivity index (χ2n) is 5.88. The fraction of sp³-hybridized carbons (Fsp3) is 0.533. The molecule has 8 heteroatoms. The van der Waals surface area contributed by atoms with Crippen LogP contribution in [0.1, 0.15) is 12.0 Å². The molecule has 1 unspecified atom stereocenters. The Labute approximate surface area is 135 Å². The van der Waals surface area contributed by atoms with E-state index in [9.17, 15) is 17.1 Å². The van der Waals surface area contributed by atoms with Gasteiger partial charge in [0, 0.05) is 37.4 Å². The zero-order chi connectivity index (χ0) is 16.6. The predicted octanol–water partition coefficient (Wildman–Crippen LogP) is 1.24. The standard InChI is InChI=1S/C15H19FN2O4S/c1-11-8-12(2-3-14(11)17-4-6-22-7-5-17)18-10-13(9-15(18)19)23(16,20)21/h2-3,8,13H,4-7,9-10H2,1H3. The summed E-state index contributed by atoms with van der Waals surface area (Å²) in [6.45, 7) is 4.80. The first kappa shape index (κ1) is 16.2. The Morgan fingerprint density at radius 1 is 1.26 bits per heavy atom. The van der Waals surface area contributed by atoms with Gasteiger partial charge in [-0.3, -0.25) is 4.79 Å². The number of hydrogen-bond donors (Lipinski definition) is 0. The van der Waals surface area contributed by atoms with Crippen molar-refractivity contribution >= 4 is 27.5 Å². The molecule has 126 valence electrons. The number of hydrogen-bond acceptors (Lipinski definition) is 5. The molecule has 0 aromatic heterocycles. The van der Waals surface area contributed by atoms with Crippen molar-refractivity contribution < 1.29 is 21.8 Å². The molecule has 1 aromatic rings. The van der Waals surface area contributed by atoms with Gasteiger partial charge in [0.1, 0.15) is 5.25 Å². The van der Waals surface area contributed by atoms with Gasteiger partial charge in [-0.2, -0.15) is 8.42 Å². The molecule has 2 fully saturated rings. The van der Waals surface area contributed by atoms with Gasteiger partial charge in [0.15, 0.2) is 0 Å². The van der Waals surface area contributed by atoms with Gasteiger partial charge in [0.2, 0.25) is 5.91 Å². The van der Waals surface area contributed by atoms with Crippen LogP contribution in [0, 0.1) is 6.92 Å². The third-order valence-corrected chi connectivity index (χ3v) is 5.44. The summed E-state index contributed by atoms with van der Waals surface area (Å²) < 4.78 is 40.5. The maximum absolute atomic E-state index is 13.1. The normalized spacial score (nSPS) is 22.7. The summed E-state index contributed by atoms with van der Waals surface area (Å²) in [7, 11) is -4.70. The maximum atomic E-state index is 13.1. The number of rotatable bonds is 3. The van der Waals surface area contributed by atoms with Crippen molar-refractivity contribution in [2.24, 2.45) is 0 Å². The number of carbonyl (C=O) groups is 1. The van der Waals surface area contributed by atoms with Gasteiger partial charge in [-0.15, -0.1) is 3.89 Å². The minimum absolute atomic E-state index is 0.131. The van der Waals surface area contributed by atoms with Crippen LogP contribution < -0.4 is 9.80 Å². The Hall–Kier alpha value is -1.67. The van der Waals surface area contributed by atoms with E-state index in [0.717, 1.165) is 24.3 Å². The van der Waals surface area contributed by atoms with Gasteiger partial charge in [-0.05, 0) is 30.7 Å². The number of nitrogens with zero attached hydrogens (tertiary/aromatic N) is 2. The summed E-state index contributed by atoms with van der Waals surface area (Å²) in [6, 6.07) is 5.54. The summed E-state index contributed by atoms with van der Waals surface area (Å²) in [5, 5.41) is -1.27. The molecule has 1 aromatic carbocycles. The van der Waals surface area contributed by atoms with E-state index < -0.39 is 15.5 Å². The van der Waals surface area contributed by atoms with Gasteiger partial charge < -0.3 is 14.5 Å². The van der Waals surface area contributed by atoms with Gasteiger partial charge in [0.25, 0.3) is 0 Å². The van der Waals surface area contributed by atoms with E-state index in [-0.39, 0.29) is 18.9 Å². The monoisotopic (exact) mass is 342 g/mol. The predicted molar refractivity (Wildman–Crippen MR) is 85.0 cm³/mol. The molecule has 0 aliphatic carbocycles. The van der Waals surface area contributed by atoms with Crippen molar-refractivity contribution in [3.8, 4) is 0 Å². The summed E-state index contributed by atoms with van der Waals surface area (Å²) >= 11 is 0. The van der Waals surface area contributed by atoms with Gasteiger partial charge >= 0.3 is 10.2 Å². The lowest BCUT2D eigenvalue weighted by atomic mass is 10.1. The number of anilines is 2. The Kier molecular flexibility index (Phi) is 4.29. The van der Waals surface area contributed by atoms with Crippen LogP contribution in [0.3, 0.4) is 0 Å². The van der Waals surface area contributed by atoms with Crippen LogP contribution in [0.4, 0.5) is 15.3 Å². The Morgan fingerprint density at radius 3 is 2.52 bits per heavy atom. The van der Waals surface area contributed by atoms with Crippen LogP contribution in [-0.2, 0) is 19.8 Å². The van der Waals surface area contributed by atoms with Crippen molar-refractivity contribution in [2.75, 3.05) is 42.6 Å². The average Bonchev–Trinajstić information content (AvgIpc) is 2.90. The van der Waals surface area contributed by atoms with E-state index in [1.807, 2.05) is 19.1 Å². The van der Waals surface area contributed by atoms with E-state index in [1.54, 1.807) is 6.07 Å². The van der Waals surface area contributed by atoms with Crippen molar-refractivity contribution in [2.45, 2.75) is 18.6 Å². The van der Waals surface area contributed by atoms with Crippen molar-refractivity contribution in [3.05, 3.63) is 23.8 Å². The molecule has 2 aliphatic rings. The third-order valence-electron chi connectivity index (χ3n) is 4.33. The minimum Gasteiger partial charge on any atom is -0.378 e. The Morgan fingerprint density at radius 2 is 1.96 bits per heavy atom. The smallest absolute Gasteiger partial charge is 0.307 e. The molecule has 2 heterocycles. The molecule has 0 spiro atoms. The summed E-state index contributed by atoms with van der Waals surface area (Å²) in [6.07, 6.45) is -0.302. The molecule has 2 saturated heterocycles. The lowest BCUT2D eigenvalue weighted by Crippen LogP contribution is -2.36. The number of carbonyl (C=O) groups excluding carboxylic acids is 1. The second-order valence-corrected chi connectivity index (χ2v) is 7.49. The molecule has 23 heavy (non-hydrogen) atoms. The molecule has 1 amide bonds. The van der Waals surface area contributed by atoms with E-state index in [4.69, 9.17) is 4.74 Å². The lowest BCUT2D eigenvalue weighted by Gasteiger charge is -2.30. The van der Waals surface area contributed by atoms with E-state index >= 15 is 0 Å². The first-order valence-electron chi connectivity index (χ1n) is 7.53. The number of aryl methyl sites for hydroxylation is 1. The van der Waals surface area contributed by atoms with Crippen LogP contribution >= 0.6 is 0 Å². The fourth-order valence-corrected chi connectivity index (χ4v) is 3.75. The zero-order valence-electron chi connectivity index (χ0n) is 12.9. The quantitative estimate of drug-likeness (QED) is 0.773. The molecule has 0 saturated carbocycles. The molecule has 0 radical (unpaired) electrons. The number of benzene rings is 1. The highest BCUT2D eigenvalue weighted by atomic mass is 32.3. The van der Waals surface area contributed by atoms with Gasteiger partial charge in [-0.1, -0.05) is 0 Å². The van der Waals surface area contributed by atoms with Gasteiger partial charge in [-0.25, -0.2) is 0 Å². The number of halogens is 1. The number of amides is 1. The molecule has 3 rings (SSSR count). The first-order chi connectivity index (χ1) is 10.9. The highest BCUT2D eigenvalue weighted by Crippen LogP contribution is 2.30. The highest BCUT2D eigenvalue weighted by Gasteiger charge is 2.39. The molecular formula is C15H19FN2O4S. The topological polar surface area (TPSA) is 66.9 Å². The average molecular weight is 342 g/mol. The molecule has 1 atom stereocenters. The van der Waals surface area contributed by atoms with Crippen LogP contribution in [0.2, 0.25) is 0 Å².